The van der Waals surface area contributed by atoms with E-state index < -0.39 is 4.92 Å². The summed E-state index contributed by atoms with van der Waals surface area (Å²) in [5, 5.41) is 13.9. The number of nitro groups is 1. The Morgan fingerprint density at radius 3 is 2.81 bits per heavy atom. The largest absolute Gasteiger partial charge is 0.349 e. The molecule has 5 nitrogen and oxygen atoms in total. The molecule has 1 saturated carbocycles. The van der Waals surface area contributed by atoms with Crippen LogP contribution >= 0.6 is 11.6 Å². The molecule has 1 N–H and O–H groups in total. The Balaban J connectivity index is 2.13. The molecule has 1 fully saturated rings. The topological polar surface area (TPSA) is 72.2 Å². The van der Waals surface area contributed by atoms with Gasteiger partial charge in [0.2, 0.25) is 0 Å². The van der Waals surface area contributed by atoms with Crippen molar-refractivity contribution in [1.82, 2.24) is 5.32 Å². The third-order valence-corrected chi connectivity index (χ3v) is 4.49. The van der Waals surface area contributed by atoms with E-state index in [0.29, 0.717) is 17.0 Å². The lowest BCUT2D eigenvalue weighted by Gasteiger charge is -2.30. The Morgan fingerprint density at radius 2 is 2.14 bits per heavy atom. The van der Waals surface area contributed by atoms with Crippen LogP contribution in [-0.4, -0.2) is 22.8 Å². The fraction of sp³-hybridized carbons (Fsp3) is 0.533. The van der Waals surface area contributed by atoms with Crippen molar-refractivity contribution in [2.45, 2.75) is 38.6 Å². The van der Waals surface area contributed by atoms with Crippen molar-refractivity contribution in [2.24, 2.45) is 5.92 Å². The van der Waals surface area contributed by atoms with E-state index in [1.54, 1.807) is 19.1 Å². The summed E-state index contributed by atoms with van der Waals surface area (Å²) in [6.45, 7) is 1.66. The number of carbonyl (C=O) groups excluding carboxylic acids is 1. The molecule has 1 aliphatic rings. The first kappa shape index (κ1) is 15.8. The van der Waals surface area contributed by atoms with Gasteiger partial charge in [0.05, 0.1) is 4.92 Å². The van der Waals surface area contributed by atoms with Crippen LogP contribution in [0.3, 0.4) is 0 Å². The molecule has 0 saturated heterocycles. The second-order valence-electron chi connectivity index (χ2n) is 5.54. The molecule has 2 atom stereocenters. The first-order chi connectivity index (χ1) is 10.0. The number of benzene rings is 1. The number of nitro benzene ring substituents is 1. The number of halogens is 1. The van der Waals surface area contributed by atoms with Gasteiger partial charge in [-0.15, -0.1) is 11.6 Å². The maximum Gasteiger partial charge on any atom is 0.273 e. The number of nitrogens with zero attached hydrogens (tertiary/aromatic N) is 1. The molecule has 0 aliphatic heterocycles. The van der Waals surface area contributed by atoms with E-state index >= 15 is 0 Å². The average Bonchev–Trinajstić information content (AvgIpc) is 2.47. The van der Waals surface area contributed by atoms with Crippen LogP contribution < -0.4 is 5.32 Å². The van der Waals surface area contributed by atoms with Crippen LogP contribution in [0, 0.1) is 23.0 Å². The third kappa shape index (κ3) is 3.73. The zero-order chi connectivity index (χ0) is 15.4. The first-order valence-electron chi connectivity index (χ1n) is 7.14. The lowest BCUT2D eigenvalue weighted by molar-refractivity contribution is -0.385. The minimum Gasteiger partial charge on any atom is -0.349 e. The summed E-state index contributed by atoms with van der Waals surface area (Å²) in [6.07, 6.45) is 4.14. The molecule has 2 rings (SSSR count). The van der Waals surface area contributed by atoms with Crippen LogP contribution in [0.5, 0.6) is 0 Å². The Hall–Kier alpha value is -1.62. The van der Waals surface area contributed by atoms with Crippen LogP contribution in [0.2, 0.25) is 0 Å². The highest BCUT2D eigenvalue weighted by Crippen LogP contribution is 2.26. The number of rotatable bonds is 4. The molecule has 1 aliphatic carbocycles. The Kier molecular flexibility index (Phi) is 5.17. The fourth-order valence-corrected chi connectivity index (χ4v) is 3.15. The highest BCUT2D eigenvalue weighted by Gasteiger charge is 2.26. The van der Waals surface area contributed by atoms with Crippen molar-refractivity contribution >= 4 is 23.2 Å². The van der Waals surface area contributed by atoms with Gasteiger partial charge in [0.25, 0.3) is 11.6 Å². The number of carbonyl (C=O) groups is 1. The molecule has 1 aromatic carbocycles. The quantitative estimate of drug-likeness (QED) is 0.526. The number of hydrogen-bond donors (Lipinski definition) is 1. The van der Waals surface area contributed by atoms with E-state index in [0.717, 1.165) is 25.7 Å². The number of amides is 1. The summed E-state index contributed by atoms with van der Waals surface area (Å²) in [5.41, 5.74) is 0.847. The number of alkyl halides is 1. The van der Waals surface area contributed by atoms with E-state index in [1.807, 2.05) is 0 Å². The van der Waals surface area contributed by atoms with Crippen LogP contribution in [0.1, 0.15) is 41.6 Å². The second kappa shape index (κ2) is 6.89. The predicted molar refractivity (Wildman–Crippen MR) is 81.8 cm³/mol. The monoisotopic (exact) mass is 310 g/mol. The second-order valence-corrected chi connectivity index (χ2v) is 5.85. The molecular formula is C15H19ClN2O3. The van der Waals surface area contributed by atoms with Gasteiger partial charge >= 0.3 is 0 Å². The number of nitrogens with one attached hydrogen (secondary N) is 1. The molecule has 0 radical (unpaired) electrons. The van der Waals surface area contributed by atoms with Crippen molar-refractivity contribution in [3.8, 4) is 0 Å². The van der Waals surface area contributed by atoms with Gasteiger partial charge in [-0.2, -0.15) is 0 Å². The first-order valence-corrected chi connectivity index (χ1v) is 7.68. The molecular weight excluding hydrogens is 292 g/mol. The maximum atomic E-state index is 12.3. The molecule has 0 heterocycles. The predicted octanol–water partition coefficient (Wildman–Crippen LogP) is 3.43. The number of aryl methyl sites for hydroxylation is 1. The van der Waals surface area contributed by atoms with Crippen molar-refractivity contribution in [3.05, 3.63) is 39.4 Å². The third-order valence-electron chi connectivity index (χ3n) is 4.09. The van der Waals surface area contributed by atoms with Crippen molar-refractivity contribution in [1.29, 1.82) is 0 Å². The van der Waals surface area contributed by atoms with E-state index in [1.165, 1.54) is 6.07 Å². The van der Waals surface area contributed by atoms with Crippen LogP contribution in [-0.2, 0) is 0 Å². The molecule has 0 bridgehead atoms. The Labute approximate surface area is 128 Å². The zero-order valence-electron chi connectivity index (χ0n) is 12.0. The maximum absolute atomic E-state index is 12.3. The molecule has 1 amide bonds. The fourth-order valence-electron chi connectivity index (χ4n) is 2.78. The van der Waals surface area contributed by atoms with Crippen LogP contribution in [0.25, 0.3) is 0 Å². The summed E-state index contributed by atoms with van der Waals surface area (Å²) in [4.78, 5) is 22.8. The Morgan fingerprint density at radius 1 is 1.43 bits per heavy atom. The van der Waals surface area contributed by atoms with Crippen molar-refractivity contribution in [3.63, 3.8) is 0 Å². The lowest BCUT2D eigenvalue weighted by atomic mass is 9.85. The summed E-state index contributed by atoms with van der Waals surface area (Å²) >= 11 is 5.95. The van der Waals surface area contributed by atoms with Gasteiger partial charge in [0.1, 0.15) is 0 Å². The van der Waals surface area contributed by atoms with Crippen LogP contribution in [0.15, 0.2) is 18.2 Å². The van der Waals surface area contributed by atoms with Gasteiger partial charge < -0.3 is 5.32 Å². The minimum absolute atomic E-state index is 0.0276. The van der Waals surface area contributed by atoms with Gasteiger partial charge in [0.15, 0.2) is 0 Å². The molecule has 0 aromatic heterocycles. The Bertz CT molecular complexity index is 548. The van der Waals surface area contributed by atoms with Crippen molar-refractivity contribution < 1.29 is 9.72 Å². The van der Waals surface area contributed by atoms with Crippen LogP contribution in [0.4, 0.5) is 5.69 Å². The summed E-state index contributed by atoms with van der Waals surface area (Å²) in [5.74, 6) is 0.545. The molecule has 6 heteroatoms. The van der Waals surface area contributed by atoms with Gasteiger partial charge in [-0.1, -0.05) is 18.9 Å². The summed E-state index contributed by atoms with van der Waals surface area (Å²) < 4.78 is 0. The average molecular weight is 311 g/mol. The summed E-state index contributed by atoms with van der Waals surface area (Å²) in [7, 11) is 0. The van der Waals surface area contributed by atoms with Crippen molar-refractivity contribution in [2.75, 3.05) is 5.88 Å². The SMILES string of the molecule is Cc1ccc(C(=O)NC2CCCCC2CCl)cc1[N+](=O)[O-]. The highest BCUT2D eigenvalue weighted by molar-refractivity contribution is 6.18. The number of hydrogen-bond acceptors (Lipinski definition) is 3. The molecule has 1 aromatic rings. The van der Waals surface area contributed by atoms with E-state index in [-0.39, 0.29) is 23.6 Å². The van der Waals surface area contributed by atoms with E-state index in [4.69, 9.17) is 11.6 Å². The van der Waals surface area contributed by atoms with Gasteiger partial charge in [-0.25, -0.2) is 0 Å². The molecule has 114 valence electrons. The molecule has 2 unspecified atom stereocenters. The van der Waals surface area contributed by atoms with Gasteiger partial charge in [-0.3, -0.25) is 14.9 Å². The van der Waals surface area contributed by atoms with Gasteiger partial charge in [-0.05, 0) is 31.7 Å². The van der Waals surface area contributed by atoms with Gasteiger partial charge in [0, 0.05) is 29.1 Å². The van der Waals surface area contributed by atoms with E-state index in [9.17, 15) is 14.9 Å². The summed E-state index contributed by atoms with van der Waals surface area (Å²) in [6, 6.07) is 4.62. The minimum atomic E-state index is -0.464. The lowest BCUT2D eigenvalue weighted by Crippen LogP contribution is -2.42. The smallest absolute Gasteiger partial charge is 0.273 e. The normalized spacial score (nSPS) is 21.8. The highest BCUT2D eigenvalue weighted by atomic mass is 35.5. The zero-order valence-corrected chi connectivity index (χ0v) is 12.7. The molecule has 0 spiro atoms. The molecule has 21 heavy (non-hydrogen) atoms. The standard InChI is InChI=1S/C15H19ClN2O3/c1-10-6-7-11(8-14(10)18(20)21)15(19)17-13-5-3-2-4-12(13)9-16/h6-8,12-13H,2-5,9H2,1H3,(H,17,19). The van der Waals surface area contributed by atoms with E-state index in [2.05, 4.69) is 5.32 Å².